The fourth-order valence-electron chi connectivity index (χ4n) is 10.1. The largest absolute Gasteiger partial charge is 0.309 e. The van der Waals surface area contributed by atoms with E-state index in [4.69, 9.17) is 0 Å². The van der Waals surface area contributed by atoms with Crippen molar-refractivity contribution in [3.05, 3.63) is 245 Å². The molecule has 0 radical (unpaired) electrons. The van der Waals surface area contributed by atoms with Crippen LogP contribution in [0, 0.1) is 0 Å². The molecule has 0 fully saturated rings. The molecule has 2 heteroatoms. The topological polar surface area (TPSA) is 17.1 Å². The lowest BCUT2D eigenvalue weighted by Gasteiger charge is -2.48. The molecule has 0 bridgehead atoms. The third kappa shape index (κ3) is 3.52. The summed E-state index contributed by atoms with van der Waals surface area (Å²) in [5, 5.41) is 2.54. The van der Waals surface area contributed by atoms with Gasteiger partial charge in [-0.2, -0.15) is 0 Å². The standard InChI is InChI=1S/C50H33OP/c51-52(35-19-6-2-7-20-35,36-21-8-3-9-22-36)37-31-32-44-41(33-37)39-24-11-13-27-43(39)50(44)46-29-15-14-28-45(46)49(34-17-4-1-5-18-34)42-26-12-10-23-38(42)40-25-16-30-47(50)48(40)49/h1-33H. The highest BCUT2D eigenvalue weighted by Crippen LogP contribution is 2.68. The first-order valence-corrected chi connectivity index (χ1v) is 19.8. The maximum absolute atomic E-state index is 15.7. The summed E-state index contributed by atoms with van der Waals surface area (Å²) in [7, 11) is -3.20. The summed E-state index contributed by atoms with van der Waals surface area (Å²) in [5.41, 5.74) is 14.3. The molecule has 0 N–H and O–H groups in total. The lowest BCUT2D eigenvalue weighted by molar-refractivity contribution is 0.592. The van der Waals surface area contributed by atoms with Crippen molar-refractivity contribution in [3.63, 3.8) is 0 Å². The number of benzene rings is 8. The van der Waals surface area contributed by atoms with Gasteiger partial charge in [0.25, 0.3) is 0 Å². The van der Waals surface area contributed by atoms with Crippen LogP contribution < -0.4 is 15.9 Å². The van der Waals surface area contributed by atoms with E-state index in [1.54, 1.807) is 0 Å². The zero-order chi connectivity index (χ0) is 34.5. The minimum atomic E-state index is -3.20. The highest BCUT2D eigenvalue weighted by molar-refractivity contribution is 7.85. The molecule has 0 aliphatic heterocycles. The zero-order valence-electron chi connectivity index (χ0n) is 28.4. The summed E-state index contributed by atoms with van der Waals surface area (Å²) in [6.07, 6.45) is 0. The molecule has 2 unspecified atom stereocenters. The normalized spacial score (nSPS) is 18.6. The van der Waals surface area contributed by atoms with E-state index in [9.17, 15) is 0 Å². The average molecular weight is 681 g/mol. The monoisotopic (exact) mass is 680 g/mol. The van der Waals surface area contributed by atoms with Crippen molar-refractivity contribution >= 4 is 23.1 Å². The summed E-state index contributed by atoms with van der Waals surface area (Å²) in [4.78, 5) is 0. The summed E-state index contributed by atoms with van der Waals surface area (Å²) in [5.74, 6) is 0. The van der Waals surface area contributed by atoms with Gasteiger partial charge in [0.2, 0.25) is 0 Å². The molecule has 0 amide bonds. The number of hydrogen-bond acceptors (Lipinski definition) is 1. The summed E-state index contributed by atoms with van der Waals surface area (Å²) in [6.45, 7) is 0. The number of hydrogen-bond donors (Lipinski definition) is 0. The molecule has 1 nitrogen and oxygen atoms in total. The van der Waals surface area contributed by atoms with Crippen LogP contribution in [0.1, 0.15) is 44.5 Å². The quantitative estimate of drug-likeness (QED) is 0.169. The first kappa shape index (κ1) is 29.7. The van der Waals surface area contributed by atoms with Crippen LogP contribution in [0.4, 0.5) is 0 Å². The summed E-state index contributed by atoms with van der Waals surface area (Å²) in [6, 6.07) is 71.9. The molecule has 8 aromatic carbocycles. The second kappa shape index (κ2) is 10.8. The van der Waals surface area contributed by atoms with Crippen LogP contribution in [0.15, 0.2) is 200 Å². The van der Waals surface area contributed by atoms with E-state index < -0.39 is 18.0 Å². The first-order chi connectivity index (χ1) is 25.7. The molecule has 0 saturated heterocycles. The van der Waals surface area contributed by atoms with E-state index in [0.29, 0.717) is 0 Å². The van der Waals surface area contributed by atoms with E-state index in [2.05, 4.69) is 140 Å². The van der Waals surface area contributed by atoms with Crippen molar-refractivity contribution in [1.29, 1.82) is 0 Å². The van der Waals surface area contributed by atoms with Crippen molar-refractivity contribution in [2.45, 2.75) is 10.8 Å². The van der Waals surface area contributed by atoms with E-state index in [0.717, 1.165) is 21.5 Å². The second-order valence-electron chi connectivity index (χ2n) is 14.2. The van der Waals surface area contributed by atoms with Crippen LogP contribution in [0.3, 0.4) is 0 Å². The Morgan fingerprint density at radius 2 is 0.750 bits per heavy atom. The van der Waals surface area contributed by atoms with Gasteiger partial charge in [-0.1, -0.05) is 194 Å². The van der Waals surface area contributed by atoms with Gasteiger partial charge in [-0.3, -0.25) is 0 Å². The summed E-state index contributed by atoms with van der Waals surface area (Å²) >= 11 is 0. The highest BCUT2D eigenvalue weighted by Gasteiger charge is 2.59. The Hall–Kier alpha value is -6.01. The summed E-state index contributed by atoms with van der Waals surface area (Å²) < 4.78 is 15.7. The average Bonchev–Trinajstić information content (AvgIpc) is 3.70. The van der Waals surface area contributed by atoms with E-state index >= 15 is 4.57 Å². The van der Waals surface area contributed by atoms with E-state index in [-0.39, 0.29) is 0 Å². The van der Waals surface area contributed by atoms with Gasteiger partial charge in [-0.05, 0) is 72.8 Å². The molecule has 52 heavy (non-hydrogen) atoms. The predicted molar refractivity (Wildman–Crippen MR) is 214 cm³/mol. The van der Waals surface area contributed by atoms with Crippen molar-refractivity contribution in [3.8, 4) is 22.3 Å². The van der Waals surface area contributed by atoms with Crippen molar-refractivity contribution in [2.24, 2.45) is 0 Å². The highest BCUT2D eigenvalue weighted by atomic mass is 31.2. The Morgan fingerprint density at radius 3 is 1.38 bits per heavy atom. The molecular weight excluding hydrogens is 648 g/mol. The van der Waals surface area contributed by atoms with Gasteiger partial charge in [0.15, 0.2) is 7.14 Å². The van der Waals surface area contributed by atoms with Gasteiger partial charge in [0.05, 0.1) is 10.8 Å². The predicted octanol–water partition coefficient (Wildman–Crippen LogP) is 10.4. The van der Waals surface area contributed by atoms with Gasteiger partial charge in [0, 0.05) is 15.9 Å². The van der Waals surface area contributed by atoms with Gasteiger partial charge in [-0.25, -0.2) is 0 Å². The number of fused-ring (bicyclic) bond motifs is 12. The molecule has 1 spiro atoms. The molecular formula is C50H33OP. The smallest absolute Gasteiger partial charge is 0.171 e. The first-order valence-electron chi connectivity index (χ1n) is 18.0. The van der Waals surface area contributed by atoms with E-state index in [1.165, 1.54) is 61.2 Å². The Balaban J connectivity index is 1.27. The number of rotatable bonds is 4. The third-order valence-corrected chi connectivity index (χ3v) is 15.1. The van der Waals surface area contributed by atoms with Crippen molar-refractivity contribution in [2.75, 3.05) is 0 Å². The van der Waals surface area contributed by atoms with Crippen LogP contribution in [-0.4, -0.2) is 0 Å². The van der Waals surface area contributed by atoms with Crippen LogP contribution in [0.2, 0.25) is 0 Å². The maximum atomic E-state index is 15.7. The van der Waals surface area contributed by atoms with Gasteiger partial charge >= 0.3 is 0 Å². The van der Waals surface area contributed by atoms with Crippen LogP contribution in [0.5, 0.6) is 0 Å². The lowest BCUT2D eigenvalue weighted by atomic mass is 9.52. The van der Waals surface area contributed by atoms with Gasteiger partial charge in [-0.15, -0.1) is 0 Å². The zero-order valence-corrected chi connectivity index (χ0v) is 29.3. The van der Waals surface area contributed by atoms with Crippen molar-refractivity contribution < 1.29 is 4.57 Å². The molecule has 244 valence electrons. The molecule has 0 heterocycles. The molecule has 8 aromatic rings. The van der Waals surface area contributed by atoms with E-state index in [1.807, 2.05) is 60.7 Å². The van der Waals surface area contributed by atoms with Crippen LogP contribution in [-0.2, 0) is 15.4 Å². The van der Waals surface area contributed by atoms with Crippen molar-refractivity contribution in [1.82, 2.24) is 0 Å². The van der Waals surface area contributed by atoms with Gasteiger partial charge < -0.3 is 4.57 Å². The molecule has 0 saturated carbocycles. The Kier molecular flexibility index (Phi) is 6.14. The van der Waals surface area contributed by atoms with Crippen LogP contribution >= 0.6 is 7.14 Å². The molecule has 3 aliphatic rings. The third-order valence-electron chi connectivity index (χ3n) is 12.0. The molecule has 11 rings (SSSR count). The van der Waals surface area contributed by atoms with Crippen LogP contribution in [0.25, 0.3) is 22.3 Å². The Morgan fingerprint density at radius 1 is 0.308 bits per heavy atom. The molecule has 3 aliphatic carbocycles. The molecule has 2 atom stereocenters. The fourth-order valence-corrected chi connectivity index (χ4v) is 12.8. The minimum Gasteiger partial charge on any atom is -0.309 e. The Bertz CT molecular complexity index is 2730. The lowest BCUT2D eigenvalue weighted by Crippen LogP contribution is -2.43. The Labute approximate surface area is 304 Å². The minimum absolute atomic E-state index is 0.473. The van der Waals surface area contributed by atoms with Gasteiger partial charge in [0.1, 0.15) is 0 Å². The SMILES string of the molecule is O=P(c1ccccc1)(c1ccccc1)c1ccc2c(c1)-c1ccccc1C21c2ccccc2C2(c3ccccc3)c3ccccc3-c3cccc1c32. The fraction of sp³-hybridized carbons (Fsp3) is 0.0400. The molecule has 0 aromatic heterocycles. The maximum Gasteiger partial charge on any atom is 0.171 e. The second-order valence-corrected chi connectivity index (χ2v) is 17.0.